The molecule has 17 heavy (non-hydrogen) atoms. The highest BCUT2D eigenvalue weighted by molar-refractivity contribution is 6.00. The van der Waals surface area contributed by atoms with E-state index in [4.69, 9.17) is 0 Å². The van der Waals surface area contributed by atoms with Crippen LogP contribution in [0.15, 0.2) is 18.2 Å². The first-order valence-electron chi connectivity index (χ1n) is 4.26. The molecule has 92 valence electrons. The summed E-state index contributed by atoms with van der Waals surface area (Å²) in [6.07, 6.45) is -5.01. The Labute approximate surface area is 93.0 Å². The maximum absolute atomic E-state index is 12.0. The summed E-state index contributed by atoms with van der Waals surface area (Å²) >= 11 is 0. The van der Waals surface area contributed by atoms with Gasteiger partial charge in [0.05, 0.1) is 4.92 Å². The third-order valence-corrected chi connectivity index (χ3v) is 1.78. The first-order valence-corrected chi connectivity index (χ1v) is 4.26. The van der Waals surface area contributed by atoms with Gasteiger partial charge in [-0.3, -0.25) is 14.9 Å². The van der Waals surface area contributed by atoms with Crippen molar-refractivity contribution in [3.63, 3.8) is 0 Å². The highest BCUT2D eigenvalue weighted by Gasteiger charge is 2.34. The minimum atomic E-state index is -5.01. The molecule has 0 aliphatic heterocycles. The lowest BCUT2D eigenvalue weighted by Gasteiger charge is -2.11. The predicted molar refractivity (Wildman–Crippen MR) is 49.8 cm³/mol. The lowest BCUT2D eigenvalue weighted by Crippen LogP contribution is -2.19. The summed E-state index contributed by atoms with van der Waals surface area (Å²) in [6.45, 7) is 0.922. The van der Waals surface area contributed by atoms with Crippen molar-refractivity contribution in [3.05, 3.63) is 33.9 Å². The first kappa shape index (κ1) is 12.9. The second-order valence-corrected chi connectivity index (χ2v) is 3.01. The van der Waals surface area contributed by atoms with Crippen LogP contribution in [-0.2, 0) is 0 Å². The number of ether oxygens (including phenoxy) is 1. The standard InChI is InChI=1S/C9H6F3NO4/c1-5(14)8-6(13(15)16)3-2-4-7(8)17-9(10,11)12/h2-4H,1H3. The van der Waals surface area contributed by atoms with E-state index in [1.54, 1.807) is 0 Å². The van der Waals surface area contributed by atoms with Crippen LogP contribution >= 0.6 is 0 Å². The average Bonchev–Trinajstić information content (AvgIpc) is 2.14. The topological polar surface area (TPSA) is 69.4 Å². The van der Waals surface area contributed by atoms with E-state index in [1.165, 1.54) is 0 Å². The Morgan fingerprint density at radius 2 is 2.00 bits per heavy atom. The molecule has 8 heteroatoms. The number of nitro benzene ring substituents is 1. The summed E-state index contributed by atoms with van der Waals surface area (Å²) in [5, 5.41) is 10.6. The van der Waals surface area contributed by atoms with E-state index in [1.807, 2.05) is 0 Å². The minimum Gasteiger partial charge on any atom is -0.405 e. The first-order chi connectivity index (χ1) is 7.72. The summed E-state index contributed by atoms with van der Waals surface area (Å²) < 4.78 is 39.6. The van der Waals surface area contributed by atoms with Gasteiger partial charge < -0.3 is 4.74 Å². The van der Waals surface area contributed by atoms with Gasteiger partial charge in [0.25, 0.3) is 5.69 Å². The molecular formula is C9H6F3NO4. The fourth-order valence-electron chi connectivity index (χ4n) is 1.24. The number of halogens is 3. The number of carbonyl (C=O) groups is 1. The van der Waals surface area contributed by atoms with Crippen molar-refractivity contribution in [2.45, 2.75) is 13.3 Å². The Bertz CT molecular complexity index is 470. The molecule has 1 rings (SSSR count). The number of hydrogen-bond donors (Lipinski definition) is 0. The normalized spacial score (nSPS) is 11.1. The van der Waals surface area contributed by atoms with E-state index in [-0.39, 0.29) is 0 Å². The molecule has 0 bridgehead atoms. The molecule has 5 nitrogen and oxygen atoms in total. The Hall–Kier alpha value is -2.12. The van der Waals surface area contributed by atoms with Gasteiger partial charge in [0, 0.05) is 6.07 Å². The van der Waals surface area contributed by atoms with Crippen LogP contribution in [0.4, 0.5) is 18.9 Å². The monoisotopic (exact) mass is 249 g/mol. The third-order valence-electron chi connectivity index (χ3n) is 1.78. The van der Waals surface area contributed by atoms with Crippen molar-refractivity contribution in [2.24, 2.45) is 0 Å². The van der Waals surface area contributed by atoms with Gasteiger partial charge in [-0.05, 0) is 13.0 Å². The molecule has 0 spiro atoms. The van der Waals surface area contributed by atoms with Crippen molar-refractivity contribution >= 4 is 11.5 Å². The second-order valence-electron chi connectivity index (χ2n) is 3.01. The number of nitrogens with zero attached hydrogens (tertiary/aromatic N) is 1. The molecule has 0 N–H and O–H groups in total. The van der Waals surface area contributed by atoms with Gasteiger partial charge in [-0.15, -0.1) is 13.2 Å². The molecule has 0 heterocycles. The average molecular weight is 249 g/mol. The van der Waals surface area contributed by atoms with Crippen LogP contribution in [0.2, 0.25) is 0 Å². The molecule has 0 unspecified atom stereocenters. The van der Waals surface area contributed by atoms with Crippen molar-refractivity contribution < 1.29 is 27.6 Å². The van der Waals surface area contributed by atoms with E-state index < -0.39 is 34.1 Å². The zero-order valence-corrected chi connectivity index (χ0v) is 8.45. The molecule has 1 aromatic rings. The van der Waals surface area contributed by atoms with Gasteiger partial charge >= 0.3 is 6.36 Å². The van der Waals surface area contributed by atoms with Crippen molar-refractivity contribution in [1.82, 2.24) is 0 Å². The summed E-state index contributed by atoms with van der Waals surface area (Å²) in [5.41, 5.74) is -1.42. The highest BCUT2D eigenvalue weighted by atomic mass is 19.4. The van der Waals surface area contributed by atoms with E-state index in [2.05, 4.69) is 4.74 Å². The van der Waals surface area contributed by atoms with Gasteiger partial charge in [0.15, 0.2) is 5.78 Å². The summed E-state index contributed by atoms with van der Waals surface area (Å²) in [6, 6.07) is 2.78. The van der Waals surface area contributed by atoms with Crippen molar-refractivity contribution in [1.29, 1.82) is 0 Å². The van der Waals surface area contributed by atoms with E-state index in [0.717, 1.165) is 25.1 Å². The molecule has 0 aromatic heterocycles. The summed E-state index contributed by atoms with van der Waals surface area (Å²) in [4.78, 5) is 20.7. The number of benzene rings is 1. The van der Waals surface area contributed by atoms with Gasteiger partial charge in [0.1, 0.15) is 11.3 Å². The van der Waals surface area contributed by atoms with Crippen LogP contribution in [0, 0.1) is 10.1 Å². The van der Waals surface area contributed by atoms with E-state index >= 15 is 0 Å². The predicted octanol–water partition coefficient (Wildman–Crippen LogP) is 2.70. The largest absolute Gasteiger partial charge is 0.573 e. The summed E-state index contributed by atoms with van der Waals surface area (Å²) in [7, 11) is 0. The van der Waals surface area contributed by atoms with Crippen LogP contribution in [0.3, 0.4) is 0 Å². The number of rotatable bonds is 3. The number of ketones is 1. The van der Waals surface area contributed by atoms with Crippen LogP contribution < -0.4 is 4.74 Å². The lowest BCUT2D eigenvalue weighted by atomic mass is 10.1. The van der Waals surface area contributed by atoms with Crippen LogP contribution in [0.5, 0.6) is 5.75 Å². The highest BCUT2D eigenvalue weighted by Crippen LogP contribution is 2.32. The molecule has 0 radical (unpaired) electrons. The Kier molecular flexibility index (Phi) is 3.35. The Morgan fingerprint density at radius 3 is 2.41 bits per heavy atom. The molecule has 0 fully saturated rings. The molecule has 0 saturated heterocycles. The molecule has 0 aliphatic carbocycles. The Morgan fingerprint density at radius 1 is 1.41 bits per heavy atom. The smallest absolute Gasteiger partial charge is 0.405 e. The van der Waals surface area contributed by atoms with Gasteiger partial charge in [0.2, 0.25) is 0 Å². The number of alkyl halides is 3. The third kappa shape index (κ3) is 3.16. The fourth-order valence-corrected chi connectivity index (χ4v) is 1.24. The fraction of sp³-hybridized carbons (Fsp3) is 0.222. The number of Topliss-reactive ketones (excluding diaryl/α,β-unsaturated/α-hetero) is 1. The molecule has 1 aromatic carbocycles. The quantitative estimate of drug-likeness (QED) is 0.469. The molecule has 0 amide bonds. The minimum absolute atomic E-state index is 0.699. The summed E-state index contributed by atoms with van der Waals surface area (Å²) in [5.74, 6) is -1.75. The molecular weight excluding hydrogens is 243 g/mol. The van der Waals surface area contributed by atoms with E-state index in [0.29, 0.717) is 0 Å². The lowest BCUT2D eigenvalue weighted by molar-refractivity contribution is -0.385. The van der Waals surface area contributed by atoms with Gasteiger partial charge in [-0.25, -0.2) is 0 Å². The Balaban J connectivity index is 3.35. The molecule has 0 aliphatic rings. The van der Waals surface area contributed by atoms with E-state index in [9.17, 15) is 28.1 Å². The SMILES string of the molecule is CC(=O)c1c(OC(F)(F)F)cccc1[N+](=O)[O-]. The maximum atomic E-state index is 12.0. The van der Waals surface area contributed by atoms with Crippen LogP contribution in [0.1, 0.15) is 17.3 Å². The second kappa shape index (κ2) is 4.40. The number of carbonyl (C=O) groups excluding carboxylic acids is 1. The van der Waals surface area contributed by atoms with Gasteiger partial charge in [-0.2, -0.15) is 0 Å². The molecule has 0 atom stereocenters. The van der Waals surface area contributed by atoms with Crippen molar-refractivity contribution in [3.8, 4) is 5.75 Å². The zero-order chi connectivity index (χ0) is 13.2. The molecule has 0 saturated carbocycles. The maximum Gasteiger partial charge on any atom is 0.573 e. The number of hydrogen-bond acceptors (Lipinski definition) is 4. The zero-order valence-electron chi connectivity index (χ0n) is 8.45. The van der Waals surface area contributed by atoms with Gasteiger partial charge in [-0.1, -0.05) is 6.07 Å². The van der Waals surface area contributed by atoms with Crippen molar-refractivity contribution in [2.75, 3.05) is 0 Å². The number of nitro groups is 1. The van der Waals surface area contributed by atoms with Crippen LogP contribution in [-0.4, -0.2) is 17.1 Å². The van der Waals surface area contributed by atoms with Crippen LogP contribution in [0.25, 0.3) is 0 Å².